The zero-order chi connectivity index (χ0) is 13.1. The summed E-state index contributed by atoms with van der Waals surface area (Å²) in [6.45, 7) is 1.47. The SMILES string of the molecule is O=c1nccc(-c2ccc(C3=CCOCC3)cc2)[nH]1. The van der Waals surface area contributed by atoms with Crippen molar-refractivity contribution in [2.75, 3.05) is 13.2 Å². The lowest BCUT2D eigenvalue weighted by Crippen LogP contribution is -2.09. The van der Waals surface area contributed by atoms with Crippen LogP contribution in [0.3, 0.4) is 0 Å². The number of aromatic nitrogens is 2. The van der Waals surface area contributed by atoms with E-state index in [9.17, 15) is 4.79 Å². The van der Waals surface area contributed by atoms with E-state index in [0.29, 0.717) is 6.61 Å². The van der Waals surface area contributed by atoms with Gasteiger partial charge in [0.2, 0.25) is 0 Å². The van der Waals surface area contributed by atoms with Crippen molar-refractivity contribution in [2.45, 2.75) is 6.42 Å². The van der Waals surface area contributed by atoms with E-state index in [2.05, 4.69) is 28.2 Å². The molecular weight excluding hydrogens is 240 g/mol. The number of ether oxygens (including phenoxy) is 1. The third-order valence-electron chi connectivity index (χ3n) is 3.20. The molecule has 4 heteroatoms. The summed E-state index contributed by atoms with van der Waals surface area (Å²) in [5, 5.41) is 0. The van der Waals surface area contributed by atoms with Gasteiger partial charge in [0.1, 0.15) is 0 Å². The zero-order valence-corrected chi connectivity index (χ0v) is 10.4. The van der Waals surface area contributed by atoms with Gasteiger partial charge in [-0.3, -0.25) is 0 Å². The highest BCUT2D eigenvalue weighted by atomic mass is 16.5. The first-order valence-corrected chi connectivity index (χ1v) is 6.26. The van der Waals surface area contributed by atoms with Crippen molar-refractivity contribution in [2.24, 2.45) is 0 Å². The second-order valence-electron chi connectivity index (χ2n) is 4.42. The summed E-state index contributed by atoms with van der Waals surface area (Å²) in [7, 11) is 0. The number of benzene rings is 1. The minimum Gasteiger partial charge on any atom is -0.377 e. The van der Waals surface area contributed by atoms with E-state index in [0.717, 1.165) is 24.3 Å². The fourth-order valence-electron chi connectivity index (χ4n) is 2.19. The van der Waals surface area contributed by atoms with Crippen LogP contribution in [0.25, 0.3) is 16.8 Å². The Hall–Kier alpha value is -2.20. The molecule has 1 N–H and O–H groups in total. The summed E-state index contributed by atoms with van der Waals surface area (Å²) in [5.74, 6) is 0. The summed E-state index contributed by atoms with van der Waals surface area (Å²) in [6.07, 6.45) is 4.58. The predicted octanol–water partition coefficient (Wildman–Crippen LogP) is 2.24. The van der Waals surface area contributed by atoms with Crippen LogP contribution in [0.1, 0.15) is 12.0 Å². The number of nitrogens with zero attached hydrogens (tertiary/aromatic N) is 1. The number of aromatic amines is 1. The van der Waals surface area contributed by atoms with E-state index < -0.39 is 0 Å². The molecule has 1 aliphatic heterocycles. The standard InChI is InChI=1S/C15H14N2O2/c18-15-16-8-5-14(17-15)13-3-1-11(2-4-13)12-6-9-19-10-7-12/h1-6,8H,7,9-10H2,(H,16,17,18). The first-order valence-electron chi connectivity index (χ1n) is 6.26. The monoisotopic (exact) mass is 254 g/mol. The Balaban J connectivity index is 1.90. The molecule has 1 aromatic carbocycles. The number of rotatable bonds is 2. The van der Waals surface area contributed by atoms with E-state index in [-0.39, 0.29) is 5.69 Å². The molecule has 0 fully saturated rings. The van der Waals surface area contributed by atoms with Gasteiger partial charge >= 0.3 is 5.69 Å². The third-order valence-corrected chi connectivity index (χ3v) is 3.20. The molecule has 2 heterocycles. The van der Waals surface area contributed by atoms with Crippen LogP contribution < -0.4 is 5.69 Å². The second-order valence-corrected chi connectivity index (χ2v) is 4.42. The highest BCUT2D eigenvalue weighted by molar-refractivity contribution is 5.69. The number of hydrogen-bond donors (Lipinski definition) is 1. The largest absolute Gasteiger partial charge is 0.377 e. The van der Waals surface area contributed by atoms with Crippen molar-refractivity contribution in [1.29, 1.82) is 0 Å². The molecule has 0 bridgehead atoms. The summed E-state index contributed by atoms with van der Waals surface area (Å²) in [4.78, 5) is 17.5. The molecule has 0 saturated heterocycles. The summed E-state index contributed by atoms with van der Waals surface area (Å²) in [5.41, 5.74) is 3.97. The van der Waals surface area contributed by atoms with Crippen LogP contribution in [0.5, 0.6) is 0 Å². The number of H-pyrrole nitrogens is 1. The highest BCUT2D eigenvalue weighted by Crippen LogP contribution is 2.23. The molecule has 4 nitrogen and oxygen atoms in total. The Labute approximate surface area is 110 Å². The van der Waals surface area contributed by atoms with Crippen LogP contribution in [0.15, 0.2) is 47.4 Å². The van der Waals surface area contributed by atoms with Gasteiger partial charge in [0.05, 0.1) is 18.9 Å². The van der Waals surface area contributed by atoms with Crippen LogP contribution in [0.4, 0.5) is 0 Å². The lowest BCUT2D eigenvalue weighted by molar-refractivity contribution is 0.161. The molecule has 0 saturated carbocycles. The maximum Gasteiger partial charge on any atom is 0.345 e. The smallest absolute Gasteiger partial charge is 0.345 e. The van der Waals surface area contributed by atoms with Gasteiger partial charge in [0.15, 0.2) is 0 Å². The quantitative estimate of drug-likeness (QED) is 0.894. The Morgan fingerprint density at radius 3 is 2.58 bits per heavy atom. The summed E-state index contributed by atoms with van der Waals surface area (Å²) < 4.78 is 5.30. The lowest BCUT2D eigenvalue weighted by atomic mass is 9.99. The van der Waals surface area contributed by atoms with E-state index in [1.165, 1.54) is 17.3 Å². The molecule has 0 radical (unpaired) electrons. The average molecular weight is 254 g/mol. The number of nitrogens with one attached hydrogen (secondary N) is 1. The molecule has 19 heavy (non-hydrogen) atoms. The van der Waals surface area contributed by atoms with Gasteiger partial charge in [-0.15, -0.1) is 0 Å². The first-order chi connectivity index (χ1) is 9.33. The zero-order valence-electron chi connectivity index (χ0n) is 10.4. The van der Waals surface area contributed by atoms with Gasteiger partial charge in [-0.25, -0.2) is 9.78 Å². The summed E-state index contributed by atoms with van der Waals surface area (Å²) >= 11 is 0. The second kappa shape index (κ2) is 5.20. The van der Waals surface area contributed by atoms with E-state index in [4.69, 9.17) is 4.74 Å². The van der Waals surface area contributed by atoms with Crippen LogP contribution >= 0.6 is 0 Å². The molecule has 96 valence electrons. The molecule has 0 aliphatic carbocycles. The molecule has 3 rings (SSSR count). The van der Waals surface area contributed by atoms with E-state index >= 15 is 0 Å². The molecular formula is C15H14N2O2. The van der Waals surface area contributed by atoms with Crippen molar-refractivity contribution < 1.29 is 4.74 Å². The Bertz CT molecular complexity index is 656. The molecule has 0 atom stereocenters. The minimum atomic E-state index is -0.325. The van der Waals surface area contributed by atoms with Crippen molar-refractivity contribution in [3.63, 3.8) is 0 Å². The third kappa shape index (κ3) is 2.63. The molecule has 2 aromatic rings. The fraction of sp³-hybridized carbons (Fsp3) is 0.200. The molecule has 0 unspecified atom stereocenters. The molecule has 1 aromatic heterocycles. The lowest BCUT2D eigenvalue weighted by Gasteiger charge is -2.14. The normalized spacial score (nSPS) is 15.1. The van der Waals surface area contributed by atoms with Gasteiger partial charge < -0.3 is 9.72 Å². The van der Waals surface area contributed by atoms with Crippen molar-refractivity contribution in [3.8, 4) is 11.3 Å². The molecule has 0 amide bonds. The Kier molecular flexibility index (Phi) is 3.25. The van der Waals surface area contributed by atoms with Gasteiger partial charge in [0.25, 0.3) is 0 Å². The topological polar surface area (TPSA) is 55.0 Å². The van der Waals surface area contributed by atoms with Crippen molar-refractivity contribution in [1.82, 2.24) is 9.97 Å². The van der Waals surface area contributed by atoms with Crippen LogP contribution in [-0.4, -0.2) is 23.2 Å². The van der Waals surface area contributed by atoms with Crippen molar-refractivity contribution in [3.05, 3.63) is 58.7 Å². The minimum absolute atomic E-state index is 0.325. The first kappa shape index (κ1) is 11.9. The Morgan fingerprint density at radius 1 is 1.11 bits per heavy atom. The fourth-order valence-corrected chi connectivity index (χ4v) is 2.19. The predicted molar refractivity (Wildman–Crippen MR) is 73.7 cm³/mol. The van der Waals surface area contributed by atoms with Gasteiger partial charge in [-0.1, -0.05) is 30.3 Å². The van der Waals surface area contributed by atoms with E-state index in [1.807, 2.05) is 12.1 Å². The summed E-state index contributed by atoms with van der Waals surface area (Å²) in [6, 6.07) is 9.97. The van der Waals surface area contributed by atoms with Gasteiger partial charge in [-0.2, -0.15) is 0 Å². The number of hydrogen-bond acceptors (Lipinski definition) is 3. The Morgan fingerprint density at radius 2 is 1.89 bits per heavy atom. The van der Waals surface area contributed by atoms with Crippen LogP contribution in [0.2, 0.25) is 0 Å². The molecule has 0 spiro atoms. The van der Waals surface area contributed by atoms with E-state index in [1.54, 1.807) is 6.07 Å². The average Bonchev–Trinajstić information content (AvgIpc) is 2.48. The van der Waals surface area contributed by atoms with Crippen LogP contribution in [0, 0.1) is 0 Å². The maximum absolute atomic E-state index is 11.2. The maximum atomic E-state index is 11.2. The van der Waals surface area contributed by atoms with Crippen LogP contribution in [-0.2, 0) is 4.74 Å². The highest BCUT2D eigenvalue weighted by Gasteiger charge is 2.06. The molecule has 1 aliphatic rings. The van der Waals surface area contributed by atoms with Gasteiger partial charge in [-0.05, 0) is 29.2 Å². The van der Waals surface area contributed by atoms with Gasteiger partial charge in [0, 0.05) is 6.20 Å². The van der Waals surface area contributed by atoms with Crippen molar-refractivity contribution >= 4 is 5.57 Å².